The zero-order chi connectivity index (χ0) is 11.4. The summed E-state index contributed by atoms with van der Waals surface area (Å²) in [5.41, 5.74) is -1.48. The highest BCUT2D eigenvalue weighted by Crippen LogP contribution is 2.23. The first-order chi connectivity index (χ1) is 7.07. The molecule has 1 aromatic rings. The molecule has 0 spiro atoms. The van der Waals surface area contributed by atoms with E-state index >= 15 is 0 Å². The molecule has 82 valence electrons. The van der Waals surface area contributed by atoms with Crippen LogP contribution >= 0.6 is 0 Å². The predicted molar refractivity (Wildman–Crippen MR) is 45.1 cm³/mol. The molecule has 0 N–H and O–H groups in total. The summed E-state index contributed by atoms with van der Waals surface area (Å²) in [4.78, 5) is 14.4. The van der Waals surface area contributed by atoms with E-state index in [-0.39, 0.29) is 6.61 Å². The van der Waals surface area contributed by atoms with Crippen LogP contribution in [0.2, 0.25) is 0 Å². The lowest BCUT2D eigenvalue weighted by atomic mass is 10.2. The summed E-state index contributed by atoms with van der Waals surface area (Å²) in [7, 11) is 0. The number of ether oxygens (including phenoxy) is 1. The first-order valence-electron chi connectivity index (χ1n) is 4.16. The van der Waals surface area contributed by atoms with Crippen LogP contribution < -0.4 is 0 Å². The lowest BCUT2D eigenvalue weighted by Crippen LogP contribution is -2.09. The molecule has 0 fully saturated rings. The van der Waals surface area contributed by atoms with Gasteiger partial charge in [-0.1, -0.05) is 0 Å². The number of halogens is 3. The van der Waals surface area contributed by atoms with Gasteiger partial charge in [0.2, 0.25) is 0 Å². The highest BCUT2D eigenvalue weighted by Gasteiger charge is 2.21. The zero-order valence-electron chi connectivity index (χ0n) is 7.84. The maximum atomic E-state index is 13.3. The van der Waals surface area contributed by atoms with E-state index in [0.717, 1.165) is 6.20 Å². The Hall–Kier alpha value is -1.59. The van der Waals surface area contributed by atoms with E-state index in [1.807, 2.05) is 0 Å². The number of nitrogens with zero attached hydrogens (tertiary/aromatic N) is 1. The second-order valence-electron chi connectivity index (χ2n) is 2.61. The van der Waals surface area contributed by atoms with E-state index in [2.05, 4.69) is 9.72 Å². The van der Waals surface area contributed by atoms with Gasteiger partial charge >= 0.3 is 5.97 Å². The molecule has 0 atom stereocenters. The number of aromatic nitrogens is 1. The van der Waals surface area contributed by atoms with Crippen LogP contribution in [0.4, 0.5) is 13.2 Å². The SMILES string of the molecule is CCOC(=O)c1cncc(C(F)F)c1F. The Balaban J connectivity index is 3.09. The summed E-state index contributed by atoms with van der Waals surface area (Å²) < 4.78 is 42.2. The van der Waals surface area contributed by atoms with Gasteiger partial charge in [0.1, 0.15) is 11.4 Å². The third-order valence-corrected chi connectivity index (χ3v) is 1.64. The van der Waals surface area contributed by atoms with E-state index in [1.165, 1.54) is 6.92 Å². The van der Waals surface area contributed by atoms with E-state index in [4.69, 9.17) is 0 Å². The van der Waals surface area contributed by atoms with Crippen LogP contribution in [0.3, 0.4) is 0 Å². The summed E-state index contributed by atoms with van der Waals surface area (Å²) in [6.45, 7) is 1.57. The molecular formula is C9H8F3NO2. The topological polar surface area (TPSA) is 39.2 Å². The number of rotatable bonds is 3. The van der Waals surface area contributed by atoms with Crippen molar-refractivity contribution in [3.05, 3.63) is 29.3 Å². The molecule has 1 heterocycles. The number of esters is 1. The minimum atomic E-state index is -3.01. The third kappa shape index (κ3) is 2.45. The van der Waals surface area contributed by atoms with Gasteiger partial charge in [-0.05, 0) is 6.92 Å². The van der Waals surface area contributed by atoms with Crippen LogP contribution in [-0.4, -0.2) is 17.6 Å². The number of hydrogen-bond acceptors (Lipinski definition) is 3. The van der Waals surface area contributed by atoms with Gasteiger partial charge in [0.25, 0.3) is 6.43 Å². The van der Waals surface area contributed by atoms with Gasteiger partial charge in [0.15, 0.2) is 0 Å². The third-order valence-electron chi connectivity index (χ3n) is 1.64. The molecule has 3 nitrogen and oxygen atoms in total. The smallest absolute Gasteiger partial charge is 0.342 e. The summed E-state index contributed by atoms with van der Waals surface area (Å²) >= 11 is 0. The molecule has 0 unspecified atom stereocenters. The molecule has 0 aliphatic heterocycles. The maximum Gasteiger partial charge on any atom is 0.342 e. The Morgan fingerprint density at radius 1 is 1.53 bits per heavy atom. The summed E-state index contributed by atoms with van der Waals surface area (Å²) in [6, 6.07) is 0. The fourth-order valence-corrected chi connectivity index (χ4v) is 0.964. The van der Waals surface area contributed by atoms with Crippen molar-refractivity contribution < 1.29 is 22.7 Å². The van der Waals surface area contributed by atoms with Gasteiger partial charge in [0.05, 0.1) is 12.2 Å². The van der Waals surface area contributed by atoms with Crippen molar-refractivity contribution in [2.45, 2.75) is 13.3 Å². The van der Waals surface area contributed by atoms with Gasteiger partial charge in [-0.15, -0.1) is 0 Å². The van der Waals surface area contributed by atoms with Crippen molar-refractivity contribution in [1.29, 1.82) is 0 Å². The standard InChI is InChI=1S/C9H8F3NO2/c1-2-15-9(14)6-4-13-3-5(7(6)10)8(11)12/h3-4,8H,2H2,1H3. The molecule has 6 heteroatoms. The van der Waals surface area contributed by atoms with E-state index in [9.17, 15) is 18.0 Å². The summed E-state index contributed by atoms with van der Waals surface area (Å²) in [5.74, 6) is -2.27. The zero-order valence-corrected chi connectivity index (χ0v) is 7.84. The van der Waals surface area contributed by atoms with Gasteiger partial charge in [-0.3, -0.25) is 4.98 Å². The lowest BCUT2D eigenvalue weighted by molar-refractivity contribution is 0.0519. The normalized spacial score (nSPS) is 10.5. The number of hydrogen-bond donors (Lipinski definition) is 0. The first kappa shape index (κ1) is 11.5. The van der Waals surface area contributed by atoms with Gasteiger partial charge in [0, 0.05) is 12.4 Å². The number of pyridine rings is 1. The number of carbonyl (C=O) groups excluding carboxylic acids is 1. The Bertz CT molecular complexity index is 368. The molecule has 1 aromatic heterocycles. The fourth-order valence-electron chi connectivity index (χ4n) is 0.964. The molecule has 0 bridgehead atoms. The number of carbonyl (C=O) groups is 1. The van der Waals surface area contributed by atoms with Crippen LogP contribution in [0.5, 0.6) is 0 Å². The van der Waals surface area contributed by atoms with E-state index < -0.39 is 29.3 Å². The molecule has 1 rings (SSSR count). The molecule has 0 aliphatic rings. The summed E-state index contributed by atoms with van der Waals surface area (Å²) in [6.07, 6.45) is -1.46. The van der Waals surface area contributed by atoms with Crippen LogP contribution in [-0.2, 0) is 4.74 Å². The van der Waals surface area contributed by atoms with Crippen LogP contribution in [0.15, 0.2) is 12.4 Å². The Kier molecular flexibility index (Phi) is 3.65. The van der Waals surface area contributed by atoms with Gasteiger partial charge in [-0.25, -0.2) is 18.0 Å². The molecule has 0 aliphatic carbocycles. The molecule has 15 heavy (non-hydrogen) atoms. The van der Waals surface area contributed by atoms with Crippen molar-refractivity contribution in [2.75, 3.05) is 6.61 Å². The van der Waals surface area contributed by atoms with E-state index in [1.54, 1.807) is 0 Å². The summed E-state index contributed by atoms with van der Waals surface area (Å²) in [5, 5.41) is 0. The fraction of sp³-hybridized carbons (Fsp3) is 0.333. The monoisotopic (exact) mass is 219 g/mol. The Morgan fingerprint density at radius 2 is 2.20 bits per heavy atom. The number of alkyl halides is 2. The lowest BCUT2D eigenvalue weighted by Gasteiger charge is -2.05. The van der Waals surface area contributed by atoms with Crippen molar-refractivity contribution in [2.24, 2.45) is 0 Å². The first-order valence-corrected chi connectivity index (χ1v) is 4.16. The van der Waals surface area contributed by atoms with Gasteiger partial charge < -0.3 is 4.74 Å². The average molecular weight is 219 g/mol. The van der Waals surface area contributed by atoms with Crippen molar-refractivity contribution in [1.82, 2.24) is 4.98 Å². The Labute approximate surface area is 83.9 Å². The van der Waals surface area contributed by atoms with Crippen molar-refractivity contribution in [3.8, 4) is 0 Å². The highest BCUT2D eigenvalue weighted by atomic mass is 19.3. The molecule has 0 aromatic carbocycles. The molecule has 0 amide bonds. The molecule has 0 saturated heterocycles. The van der Waals surface area contributed by atoms with Crippen LogP contribution in [0, 0.1) is 5.82 Å². The minimum absolute atomic E-state index is 0.0389. The Morgan fingerprint density at radius 3 is 2.73 bits per heavy atom. The second kappa shape index (κ2) is 4.77. The average Bonchev–Trinajstić information content (AvgIpc) is 2.17. The van der Waals surface area contributed by atoms with Gasteiger partial charge in [-0.2, -0.15) is 0 Å². The predicted octanol–water partition coefficient (Wildman–Crippen LogP) is 2.33. The quantitative estimate of drug-likeness (QED) is 0.732. The maximum absolute atomic E-state index is 13.3. The minimum Gasteiger partial charge on any atom is -0.462 e. The van der Waals surface area contributed by atoms with Crippen LogP contribution in [0.1, 0.15) is 29.3 Å². The molecule has 0 radical (unpaired) electrons. The second-order valence-corrected chi connectivity index (χ2v) is 2.61. The van der Waals surface area contributed by atoms with Crippen molar-refractivity contribution >= 4 is 5.97 Å². The van der Waals surface area contributed by atoms with E-state index in [0.29, 0.717) is 6.20 Å². The van der Waals surface area contributed by atoms with Crippen molar-refractivity contribution in [3.63, 3.8) is 0 Å². The van der Waals surface area contributed by atoms with Crippen LogP contribution in [0.25, 0.3) is 0 Å². The molecular weight excluding hydrogens is 211 g/mol. The largest absolute Gasteiger partial charge is 0.462 e. The highest BCUT2D eigenvalue weighted by molar-refractivity contribution is 5.89. The molecule has 0 saturated carbocycles.